The van der Waals surface area contributed by atoms with Gasteiger partial charge in [-0.15, -0.1) is 0 Å². The molecule has 3 nitrogen and oxygen atoms in total. The molecule has 0 aromatic heterocycles. The van der Waals surface area contributed by atoms with Gasteiger partial charge < -0.3 is 14.8 Å². The molecule has 1 saturated heterocycles. The smallest absolute Gasteiger partial charge is 0.119 e. The maximum absolute atomic E-state index is 5.65. The van der Waals surface area contributed by atoms with Crippen molar-refractivity contribution in [3.63, 3.8) is 0 Å². The molecule has 20 heavy (non-hydrogen) atoms. The quantitative estimate of drug-likeness (QED) is 0.916. The van der Waals surface area contributed by atoms with Crippen molar-refractivity contribution in [2.75, 3.05) is 20.3 Å². The number of rotatable bonds is 4. The molecule has 1 aromatic rings. The molecular formula is C17H25NO2. The van der Waals surface area contributed by atoms with E-state index in [1.54, 1.807) is 7.11 Å². The van der Waals surface area contributed by atoms with Crippen molar-refractivity contribution in [3.8, 4) is 5.75 Å². The van der Waals surface area contributed by atoms with Gasteiger partial charge in [0, 0.05) is 19.2 Å². The second-order valence-corrected chi connectivity index (χ2v) is 6.04. The number of benzene rings is 1. The molecule has 1 heterocycles. The standard InChI is InChI=1S/C17H25NO2/c1-12-14(8-9-20-12)11-18-17-5-3-4-13-10-15(19-2)6-7-16(13)17/h6-7,10,12,14,17-18H,3-5,8-9,11H2,1-2H3. The normalized spacial score (nSPS) is 29.2. The van der Waals surface area contributed by atoms with Crippen LogP contribution in [0.15, 0.2) is 18.2 Å². The van der Waals surface area contributed by atoms with E-state index in [2.05, 4.69) is 30.4 Å². The van der Waals surface area contributed by atoms with Gasteiger partial charge in [-0.05, 0) is 61.8 Å². The molecule has 1 aliphatic carbocycles. The van der Waals surface area contributed by atoms with Crippen LogP contribution in [0, 0.1) is 5.92 Å². The Kier molecular flexibility index (Phi) is 4.27. The summed E-state index contributed by atoms with van der Waals surface area (Å²) in [5.74, 6) is 1.64. The minimum atomic E-state index is 0.404. The Balaban J connectivity index is 1.67. The zero-order valence-corrected chi connectivity index (χ0v) is 12.5. The maximum atomic E-state index is 5.65. The summed E-state index contributed by atoms with van der Waals surface area (Å²) in [7, 11) is 1.74. The van der Waals surface area contributed by atoms with Gasteiger partial charge in [-0.3, -0.25) is 0 Å². The third-order valence-electron chi connectivity index (χ3n) is 4.82. The van der Waals surface area contributed by atoms with Crippen LogP contribution in [0.25, 0.3) is 0 Å². The lowest BCUT2D eigenvalue weighted by molar-refractivity contribution is 0.104. The monoisotopic (exact) mass is 275 g/mol. The van der Waals surface area contributed by atoms with Crippen LogP contribution in [0.3, 0.4) is 0 Å². The highest BCUT2D eigenvalue weighted by atomic mass is 16.5. The molecule has 1 fully saturated rings. The van der Waals surface area contributed by atoms with E-state index in [-0.39, 0.29) is 0 Å². The average Bonchev–Trinajstić information content (AvgIpc) is 2.89. The van der Waals surface area contributed by atoms with Gasteiger partial charge in [0.05, 0.1) is 13.2 Å². The van der Waals surface area contributed by atoms with E-state index in [0.29, 0.717) is 18.1 Å². The number of nitrogens with one attached hydrogen (secondary N) is 1. The van der Waals surface area contributed by atoms with Crippen LogP contribution < -0.4 is 10.1 Å². The van der Waals surface area contributed by atoms with Crippen LogP contribution in [0.4, 0.5) is 0 Å². The SMILES string of the molecule is COc1ccc2c(c1)CCCC2NCC1CCOC1C. The third-order valence-corrected chi connectivity index (χ3v) is 4.82. The van der Waals surface area contributed by atoms with Gasteiger partial charge in [-0.2, -0.15) is 0 Å². The molecule has 0 amide bonds. The summed E-state index contributed by atoms with van der Waals surface area (Å²) in [5.41, 5.74) is 2.91. The van der Waals surface area contributed by atoms with Crippen molar-refractivity contribution in [2.45, 2.75) is 44.8 Å². The lowest BCUT2D eigenvalue weighted by atomic mass is 9.87. The van der Waals surface area contributed by atoms with Crippen LogP contribution >= 0.6 is 0 Å². The number of fused-ring (bicyclic) bond motifs is 1. The number of methoxy groups -OCH3 is 1. The van der Waals surface area contributed by atoms with E-state index >= 15 is 0 Å². The fourth-order valence-electron chi connectivity index (χ4n) is 3.47. The lowest BCUT2D eigenvalue weighted by Gasteiger charge is -2.28. The maximum Gasteiger partial charge on any atom is 0.119 e. The van der Waals surface area contributed by atoms with Crippen LogP contribution in [0.1, 0.15) is 43.4 Å². The molecule has 2 aliphatic rings. The highest BCUT2D eigenvalue weighted by molar-refractivity contribution is 5.39. The van der Waals surface area contributed by atoms with E-state index in [0.717, 1.165) is 18.9 Å². The molecule has 3 unspecified atom stereocenters. The Hall–Kier alpha value is -1.06. The zero-order valence-electron chi connectivity index (χ0n) is 12.5. The molecule has 3 atom stereocenters. The fraction of sp³-hybridized carbons (Fsp3) is 0.647. The summed E-state index contributed by atoms with van der Waals surface area (Å²) in [4.78, 5) is 0. The van der Waals surface area contributed by atoms with Gasteiger partial charge in [-0.25, -0.2) is 0 Å². The molecule has 110 valence electrons. The number of hydrogen-bond acceptors (Lipinski definition) is 3. The first-order chi connectivity index (χ1) is 9.78. The molecule has 0 spiro atoms. The first-order valence-electron chi connectivity index (χ1n) is 7.79. The molecule has 3 rings (SSSR count). The highest BCUT2D eigenvalue weighted by Crippen LogP contribution is 2.32. The van der Waals surface area contributed by atoms with Gasteiger partial charge in [0.1, 0.15) is 5.75 Å². The molecule has 0 radical (unpaired) electrons. The van der Waals surface area contributed by atoms with Crippen molar-refractivity contribution >= 4 is 0 Å². The minimum absolute atomic E-state index is 0.404. The Morgan fingerprint density at radius 1 is 1.35 bits per heavy atom. The number of hydrogen-bond donors (Lipinski definition) is 1. The van der Waals surface area contributed by atoms with E-state index in [4.69, 9.17) is 9.47 Å². The van der Waals surface area contributed by atoms with Crippen molar-refractivity contribution in [3.05, 3.63) is 29.3 Å². The second-order valence-electron chi connectivity index (χ2n) is 6.04. The molecule has 1 aromatic carbocycles. The number of ether oxygens (including phenoxy) is 2. The summed E-state index contributed by atoms with van der Waals surface area (Å²) >= 11 is 0. The zero-order chi connectivity index (χ0) is 13.9. The topological polar surface area (TPSA) is 30.5 Å². The summed E-state index contributed by atoms with van der Waals surface area (Å²) in [6, 6.07) is 7.02. The largest absolute Gasteiger partial charge is 0.497 e. The van der Waals surface area contributed by atoms with Crippen LogP contribution in [-0.4, -0.2) is 26.4 Å². The van der Waals surface area contributed by atoms with E-state index in [1.165, 1.54) is 36.8 Å². The number of aryl methyl sites for hydroxylation is 1. The summed E-state index contributed by atoms with van der Waals surface area (Å²) in [6.45, 7) is 4.18. The summed E-state index contributed by atoms with van der Waals surface area (Å²) < 4.78 is 11.0. The van der Waals surface area contributed by atoms with Gasteiger partial charge in [0.2, 0.25) is 0 Å². The molecule has 0 saturated carbocycles. The third kappa shape index (κ3) is 2.84. The Bertz CT molecular complexity index is 460. The Morgan fingerprint density at radius 2 is 2.25 bits per heavy atom. The van der Waals surface area contributed by atoms with Gasteiger partial charge in [0.15, 0.2) is 0 Å². The molecule has 1 aliphatic heterocycles. The molecule has 0 bridgehead atoms. The van der Waals surface area contributed by atoms with Gasteiger partial charge in [-0.1, -0.05) is 6.07 Å². The van der Waals surface area contributed by atoms with Crippen LogP contribution in [0.5, 0.6) is 5.75 Å². The van der Waals surface area contributed by atoms with E-state index in [1.807, 2.05) is 0 Å². The van der Waals surface area contributed by atoms with Gasteiger partial charge >= 0.3 is 0 Å². The van der Waals surface area contributed by atoms with E-state index < -0.39 is 0 Å². The Morgan fingerprint density at radius 3 is 3.00 bits per heavy atom. The first-order valence-corrected chi connectivity index (χ1v) is 7.79. The predicted octanol–water partition coefficient (Wildman–Crippen LogP) is 3.09. The van der Waals surface area contributed by atoms with Crippen molar-refractivity contribution in [2.24, 2.45) is 5.92 Å². The lowest BCUT2D eigenvalue weighted by Crippen LogP contribution is -2.32. The summed E-state index contributed by atoms with van der Waals surface area (Å²) in [6.07, 6.45) is 5.27. The molecule has 3 heteroatoms. The van der Waals surface area contributed by atoms with Crippen molar-refractivity contribution in [1.82, 2.24) is 5.32 Å². The van der Waals surface area contributed by atoms with Crippen LogP contribution in [-0.2, 0) is 11.2 Å². The van der Waals surface area contributed by atoms with Crippen molar-refractivity contribution < 1.29 is 9.47 Å². The average molecular weight is 275 g/mol. The van der Waals surface area contributed by atoms with E-state index in [9.17, 15) is 0 Å². The Labute approximate surface area is 121 Å². The highest BCUT2D eigenvalue weighted by Gasteiger charge is 2.26. The molecule has 1 N–H and O–H groups in total. The fourth-order valence-corrected chi connectivity index (χ4v) is 3.47. The molecular weight excluding hydrogens is 250 g/mol. The summed E-state index contributed by atoms with van der Waals surface area (Å²) in [5, 5.41) is 3.77. The van der Waals surface area contributed by atoms with Crippen LogP contribution in [0.2, 0.25) is 0 Å². The second kappa shape index (κ2) is 6.15. The van der Waals surface area contributed by atoms with Crippen molar-refractivity contribution in [1.29, 1.82) is 0 Å². The minimum Gasteiger partial charge on any atom is -0.497 e. The first kappa shape index (κ1) is 13.9. The van der Waals surface area contributed by atoms with Gasteiger partial charge in [0.25, 0.3) is 0 Å². The predicted molar refractivity (Wildman–Crippen MR) is 80.2 cm³/mol.